The first-order chi connectivity index (χ1) is 6.97. The summed E-state index contributed by atoms with van der Waals surface area (Å²) < 4.78 is 35.6. The Hall–Kier alpha value is -0.980. The first kappa shape index (κ1) is 13.1. The molecule has 0 aromatic heterocycles. The van der Waals surface area contributed by atoms with Crippen LogP contribution in [0.25, 0.3) is 0 Å². The van der Waals surface area contributed by atoms with Gasteiger partial charge in [0, 0.05) is 12.5 Å². The minimum atomic E-state index is -4.19. The standard InChI is InChI=1S/C9H10O5S.ClH/c10-7-3-1-6-2-4-9(15(11,12)13)14-8(6)5-7;/h1,3,5,9-10H,2,4H2,(H,11,12,13);1H. The SMILES string of the molecule is Cl.O=S(=O)(O)C1CCc2ccc(O)cc2O1. The van der Waals surface area contributed by atoms with Crippen LogP contribution in [0, 0.1) is 0 Å². The highest BCUT2D eigenvalue weighted by Gasteiger charge is 2.29. The van der Waals surface area contributed by atoms with Crippen LogP contribution in [0.1, 0.15) is 12.0 Å². The lowest BCUT2D eigenvalue weighted by Crippen LogP contribution is -2.30. The Labute approximate surface area is 99.2 Å². The van der Waals surface area contributed by atoms with Crippen LogP contribution in [0.3, 0.4) is 0 Å². The van der Waals surface area contributed by atoms with E-state index in [1.54, 1.807) is 6.07 Å². The smallest absolute Gasteiger partial charge is 0.303 e. The highest BCUT2D eigenvalue weighted by atomic mass is 35.5. The molecule has 1 aromatic carbocycles. The van der Waals surface area contributed by atoms with Crippen LogP contribution in [-0.4, -0.2) is 23.5 Å². The van der Waals surface area contributed by atoms with Crippen LogP contribution in [0.5, 0.6) is 11.5 Å². The first-order valence-corrected chi connectivity index (χ1v) is 5.92. The quantitative estimate of drug-likeness (QED) is 0.750. The van der Waals surface area contributed by atoms with Gasteiger partial charge in [-0.1, -0.05) is 6.07 Å². The molecule has 0 aliphatic carbocycles. The van der Waals surface area contributed by atoms with E-state index in [1.165, 1.54) is 12.1 Å². The minimum Gasteiger partial charge on any atom is -0.508 e. The molecule has 90 valence electrons. The number of ether oxygens (including phenoxy) is 1. The predicted octanol–water partition coefficient (Wildman–Crippen LogP) is 1.35. The van der Waals surface area contributed by atoms with Gasteiger partial charge in [-0.05, 0) is 18.1 Å². The molecule has 1 aliphatic heterocycles. The van der Waals surface area contributed by atoms with Crippen LogP contribution in [0.4, 0.5) is 0 Å². The highest BCUT2D eigenvalue weighted by Crippen LogP contribution is 2.31. The van der Waals surface area contributed by atoms with Crippen LogP contribution >= 0.6 is 12.4 Å². The van der Waals surface area contributed by atoms with Gasteiger partial charge in [0.25, 0.3) is 0 Å². The molecule has 0 bridgehead atoms. The molecule has 1 aliphatic rings. The van der Waals surface area contributed by atoms with E-state index < -0.39 is 15.6 Å². The molecule has 0 saturated carbocycles. The maximum absolute atomic E-state index is 10.8. The van der Waals surface area contributed by atoms with E-state index in [0.717, 1.165) is 5.56 Å². The van der Waals surface area contributed by atoms with E-state index in [4.69, 9.17) is 9.29 Å². The minimum absolute atomic E-state index is 0. The Morgan fingerprint density at radius 2 is 2.06 bits per heavy atom. The summed E-state index contributed by atoms with van der Waals surface area (Å²) in [6.45, 7) is 0. The van der Waals surface area contributed by atoms with Crippen molar-refractivity contribution >= 4 is 22.5 Å². The van der Waals surface area contributed by atoms with Crippen LogP contribution in [-0.2, 0) is 16.5 Å². The monoisotopic (exact) mass is 266 g/mol. The summed E-state index contributed by atoms with van der Waals surface area (Å²) in [6.07, 6.45) is 0.719. The lowest BCUT2D eigenvalue weighted by molar-refractivity contribution is 0.227. The fourth-order valence-corrected chi connectivity index (χ4v) is 2.18. The van der Waals surface area contributed by atoms with Crippen molar-refractivity contribution in [3.8, 4) is 11.5 Å². The fraction of sp³-hybridized carbons (Fsp3) is 0.333. The molecule has 1 atom stereocenters. The number of benzene rings is 1. The molecule has 2 N–H and O–H groups in total. The third-order valence-corrected chi connectivity index (χ3v) is 3.29. The summed E-state index contributed by atoms with van der Waals surface area (Å²) in [4.78, 5) is 0. The van der Waals surface area contributed by atoms with Crippen molar-refractivity contribution in [2.24, 2.45) is 0 Å². The Bertz CT molecular complexity index is 485. The number of phenols is 1. The number of halogens is 1. The Kier molecular flexibility index (Phi) is 3.67. The first-order valence-electron chi connectivity index (χ1n) is 4.41. The number of fused-ring (bicyclic) bond motifs is 1. The summed E-state index contributed by atoms with van der Waals surface area (Å²) in [7, 11) is -4.19. The molecular weight excluding hydrogens is 256 g/mol. The van der Waals surface area contributed by atoms with Crippen molar-refractivity contribution < 1.29 is 22.8 Å². The van der Waals surface area contributed by atoms with Crippen LogP contribution in [0.2, 0.25) is 0 Å². The van der Waals surface area contributed by atoms with Gasteiger partial charge in [0.1, 0.15) is 11.5 Å². The molecule has 0 fully saturated rings. The van der Waals surface area contributed by atoms with Gasteiger partial charge in [0.05, 0.1) is 0 Å². The molecule has 5 nitrogen and oxygen atoms in total. The van der Waals surface area contributed by atoms with E-state index in [0.29, 0.717) is 12.2 Å². The second-order valence-electron chi connectivity index (χ2n) is 3.39. The average Bonchev–Trinajstić information content (AvgIpc) is 2.15. The third-order valence-electron chi connectivity index (χ3n) is 2.29. The average molecular weight is 267 g/mol. The van der Waals surface area contributed by atoms with Crippen molar-refractivity contribution in [3.05, 3.63) is 23.8 Å². The molecular formula is C9H11ClO5S. The van der Waals surface area contributed by atoms with Crippen molar-refractivity contribution in [1.82, 2.24) is 0 Å². The van der Waals surface area contributed by atoms with Crippen LogP contribution in [0.15, 0.2) is 18.2 Å². The van der Waals surface area contributed by atoms with E-state index in [1.807, 2.05) is 0 Å². The zero-order chi connectivity index (χ0) is 11.1. The van der Waals surface area contributed by atoms with Crippen molar-refractivity contribution in [3.63, 3.8) is 0 Å². The normalized spacial score (nSPS) is 19.2. The number of aryl methyl sites for hydroxylation is 1. The van der Waals surface area contributed by atoms with Crippen molar-refractivity contribution in [2.45, 2.75) is 18.3 Å². The van der Waals surface area contributed by atoms with Gasteiger partial charge in [0.2, 0.25) is 5.44 Å². The largest absolute Gasteiger partial charge is 0.508 e. The second-order valence-corrected chi connectivity index (χ2v) is 4.95. The highest BCUT2D eigenvalue weighted by molar-refractivity contribution is 7.86. The van der Waals surface area contributed by atoms with Gasteiger partial charge < -0.3 is 9.84 Å². The number of rotatable bonds is 1. The van der Waals surface area contributed by atoms with Gasteiger partial charge >= 0.3 is 10.1 Å². The maximum Gasteiger partial charge on any atom is 0.303 e. The summed E-state index contributed by atoms with van der Waals surface area (Å²) in [6, 6.07) is 4.52. The molecule has 1 aromatic rings. The molecule has 16 heavy (non-hydrogen) atoms. The molecule has 7 heteroatoms. The Balaban J connectivity index is 0.00000128. The van der Waals surface area contributed by atoms with E-state index >= 15 is 0 Å². The van der Waals surface area contributed by atoms with Crippen LogP contribution < -0.4 is 4.74 Å². The number of hydrogen-bond acceptors (Lipinski definition) is 4. The molecule has 0 spiro atoms. The fourth-order valence-electron chi connectivity index (χ4n) is 1.54. The van der Waals surface area contributed by atoms with Gasteiger partial charge in [0.15, 0.2) is 0 Å². The van der Waals surface area contributed by atoms with Gasteiger partial charge in [-0.25, -0.2) is 0 Å². The van der Waals surface area contributed by atoms with Crippen molar-refractivity contribution in [1.29, 1.82) is 0 Å². The molecule has 0 saturated heterocycles. The molecule has 2 rings (SSSR count). The number of aromatic hydroxyl groups is 1. The summed E-state index contributed by atoms with van der Waals surface area (Å²) >= 11 is 0. The van der Waals surface area contributed by atoms with E-state index in [2.05, 4.69) is 0 Å². The molecule has 1 unspecified atom stereocenters. The van der Waals surface area contributed by atoms with Gasteiger partial charge in [-0.3, -0.25) is 4.55 Å². The second kappa shape index (κ2) is 4.48. The maximum atomic E-state index is 10.8. The number of hydrogen-bond donors (Lipinski definition) is 2. The lowest BCUT2D eigenvalue weighted by atomic mass is 10.1. The van der Waals surface area contributed by atoms with Gasteiger partial charge in [-0.2, -0.15) is 8.42 Å². The Morgan fingerprint density at radius 1 is 1.38 bits per heavy atom. The molecule has 1 heterocycles. The summed E-state index contributed by atoms with van der Waals surface area (Å²) in [5.74, 6) is 0.314. The zero-order valence-corrected chi connectivity index (χ0v) is 9.79. The van der Waals surface area contributed by atoms with E-state index in [-0.39, 0.29) is 24.6 Å². The lowest BCUT2D eigenvalue weighted by Gasteiger charge is -2.23. The van der Waals surface area contributed by atoms with E-state index in [9.17, 15) is 13.5 Å². The van der Waals surface area contributed by atoms with Gasteiger partial charge in [-0.15, -0.1) is 12.4 Å². The molecule has 0 amide bonds. The zero-order valence-electron chi connectivity index (χ0n) is 8.16. The summed E-state index contributed by atoms with van der Waals surface area (Å²) in [5.41, 5.74) is -0.403. The number of phenolic OH excluding ortho intramolecular Hbond substituents is 1. The Morgan fingerprint density at radius 3 is 2.69 bits per heavy atom. The topological polar surface area (TPSA) is 83.8 Å². The molecule has 0 radical (unpaired) electrons. The predicted molar refractivity (Wildman–Crippen MR) is 59.6 cm³/mol. The third kappa shape index (κ3) is 2.58. The summed E-state index contributed by atoms with van der Waals surface area (Å²) in [5, 5.41) is 9.19. The van der Waals surface area contributed by atoms with Crippen molar-refractivity contribution in [2.75, 3.05) is 0 Å².